The molecule has 7 heteroatoms. The Hall–Kier alpha value is -1.44. The molecule has 2 fully saturated rings. The SMILES string of the molecule is Nc1ccnc(N2CC[C@@H](N3CCC(O)CC3)[C@H](O)C2)n1. The lowest BCUT2D eigenvalue weighted by Gasteiger charge is -2.43. The summed E-state index contributed by atoms with van der Waals surface area (Å²) in [6.07, 6.45) is 3.49. The number of nitrogen functional groups attached to an aromatic ring is 1. The van der Waals surface area contributed by atoms with Crippen LogP contribution in [-0.4, -0.2) is 69.5 Å². The van der Waals surface area contributed by atoms with E-state index < -0.39 is 6.10 Å². The molecule has 3 rings (SSSR count). The van der Waals surface area contributed by atoms with Crippen molar-refractivity contribution in [3.63, 3.8) is 0 Å². The van der Waals surface area contributed by atoms with Crippen molar-refractivity contribution in [3.05, 3.63) is 12.3 Å². The van der Waals surface area contributed by atoms with Crippen molar-refractivity contribution in [2.24, 2.45) is 0 Å². The number of nitrogens with two attached hydrogens (primary N) is 1. The Morgan fingerprint density at radius 2 is 1.90 bits per heavy atom. The molecule has 21 heavy (non-hydrogen) atoms. The van der Waals surface area contributed by atoms with Gasteiger partial charge in [-0.2, -0.15) is 4.98 Å². The van der Waals surface area contributed by atoms with Crippen LogP contribution in [-0.2, 0) is 0 Å². The first kappa shape index (κ1) is 14.5. The average molecular weight is 293 g/mol. The molecule has 2 aliphatic rings. The van der Waals surface area contributed by atoms with E-state index in [2.05, 4.69) is 14.9 Å². The van der Waals surface area contributed by atoms with Gasteiger partial charge in [-0.25, -0.2) is 4.98 Å². The number of aromatic nitrogens is 2. The summed E-state index contributed by atoms with van der Waals surface area (Å²) >= 11 is 0. The van der Waals surface area contributed by atoms with Crippen LogP contribution in [0.1, 0.15) is 19.3 Å². The number of aliphatic hydroxyl groups excluding tert-OH is 2. The Bertz CT molecular complexity index is 478. The largest absolute Gasteiger partial charge is 0.393 e. The normalized spacial score (nSPS) is 28.8. The van der Waals surface area contributed by atoms with Crippen LogP contribution in [0, 0.1) is 0 Å². The number of hydrogen-bond donors (Lipinski definition) is 3. The second-order valence-corrected chi connectivity index (χ2v) is 5.92. The molecule has 116 valence electrons. The first-order valence-corrected chi connectivity index (χ1v) is 7.57. The first-order valence-electron chi connectivity index (χ1n) is 7.57. The first-order chi connectivity index (χ1) is 10.1. The number of anilines is 2. The number of piperidine rings is 2. The van der Waals surface area contributed by atoms with Crippen LogP contribution in [0.25, 0.3) is 0 Å². The Balaban J connectivity index is 1.61. The van der Waals surface area contributed by atoms with Crippen molar-refractivity contribution in [2.45, 2.75) is 37.5 Å². The van der Waals surface area contributed by atoms with Crippen LogP contribution in [0.5, 0.6) is 0 Å². The third kappa shape index (κ3) is 3.25. The van der Waals surface area contributed by atoms with E-state index in [1.807, 2.05) is 4.90 Å². The van der Waals surface area contributed by atoms with Gasteiger partial charge in [-0.3, -0.25) is 4.90 Å². The fourth-order valence-corrected chi connectivity index (χ4v) is 3.26. The molecule has 0 spiro atoms. The van der Waals surface area contributed by atoms with Gasteiger partial charge in [0.2, 0.25) is 5.95 Å². The molecule has 2 aliphatic heterocycles. The molecule has 0 amide bonds. The van der Waals surface area contributed by atoms with Gasteiger partial charge in [0.25, 0.3) is 0 Å². The lowest BCUT2D eigenvalue weighted by molar-refractivity contribution is -0.000326. The fraction of sp³-hybridized carbons (Fsp3) is 0.714. The molecule has 4 N–H and O–H groups in total. The highest BCUT2D eigenvalue weighted by Crippen LogP contribution is 2.23. The maximum atomic E-state index is 10.5. The van der Waals surface area contributed by atoms with Crippen LogP contribution < -0.4 is 10.6 Å². The number of likely N-dealkylation sites (tertiary alicyclic amines) is 1. The second kappa shape index (κ2) is 6.13. The predicted molar refractivity (Wildman–Crippen MR) is 79.9 cm³/mol. The highest BCUT2D eigenvalue weighted by atomic mass is 16.3. The molecule has 0 saturated carbocycles. The van der Waals surface area contributed by atoms with Crippen LogP contribution in [0.2, 0.25) is 0 Å². The number of nitrogens with zero attached hydrogens (tertiary/aromatic N) is 4. The van der Waals surface area contributed by atoms with Crippen LogP contribution in [0.15, 0.2) is 12.3 Å². The molecule has 0 aliphatic carbocycles. The molecule has 2 atom stereocenters. The van der Waals surface area contributed by atoms with E-state index in [0.29, 0.717) is 18.3 Å². The zero-order valence-electron chi connectivity index (χ0n) is 12.1. The molecule has 1 aromatic rings. The third-order valence-electron chi connectivity index (χ3n) is 4.46. The topological polar surface area (TPSA) is 98.7 Å². The minimum atomic E-state index is -0.431. The Labute approximate surface area is 124 Å². The molecule has 1 aromatic heterocycles. The van der Waals surface area contributed by atoms with E-state index >= 15 is 0 Å². The summed E-state index contributed by atoms with van der Waals surface area (Å²) in [5.74, 6) is 1.03. The van der Waals surface area contributed by atoms with Gasteiger partial charge >= 0.3 is 0 Å². The maximum Gasteiger partial charge on any atom is 0.227 e. The van der Waals surface area contributed by atoms with Crippen molar-refractivity contribution < 1.29 is 10.2 Å². The van der Waals surface area contributed by atoms with Gasteiger partial charge in [-0.1, -0.05) is 0 Å². The van der Waals surface area contributed by atoms with Crippen LogP contribution in [0.4, 0.5) is 11.8 Å². The molecule has 3 heterocycles. The molecule has 0 radical (unpaired) electrons. The minimum absolute atomic E-state index is 0.162. The van der Waals surface area contributed by atoms with Crippen molar-refractivity contribution >= 4 is 11.8 Å². The second-order valence-electron chi connectivity index (χ2n) is 5.92. The zero-order valence-corrected chi connectivity index (χ0v) is 12.1. The summed E-state index contributed by atoms with van der Waals surface area (Å²) in [5, 5.41) is 20.0. The number of rotatable bonds is 2. The lowest BCUT2D eigenvalue weighted by atomic mass is 9.97. The van der Waals surface area contributed by atoms with E-state index in [0.717, 1.165) is 38.9 Å². The van der Waals surface area contributed by atoms with Crippen LogP contribution >= 0.6 is 0 Å². The third-order valence-corrected chi connectivity index (χ3v) is 4.46. The molecule has 0 aromatic carbocycles. The number of hydrogen-bond acceptors (Lipinski definition) is 7. The van der Waals surface area contributed by atoms with Gasteiger partial charge in [0.15, 0.2) is 0 Å². The van der Waals surface area contributed by atoms with Crippen LogP contribution in [0.3, 0.4) is 0 Å². The predicted octanol–water partition coefficient (Wildman–Crippen LogP) is -0.545. The van der Waals surface area contributed by atoms with Crippen molar-refractivity contribution in [2.75, 3.05) is 36.8 Å². The quantitative estimate of drug-likeness (QED) is 0.673. The summed E-state index contributed by atoms with van der Waals surface area (Å²) in [4.78, 5) is 12.7. The van der Waals surface area contributed by atoms with E-state index in [9.17, 15) is 10.2 Å². The standard InChI is InChI=1S/C14H23N5O2/c15-13-1-5-16-14(17-13)19-8-4-11(12(21)9-19)18-6-2-10(20)3-7-18/h1,5,10-12,20-21H,2-4,6-9H2,(H2,15,16,17)/t11-,12-/m1/s1. The molecule has 0 bridgehead atoms. The van der Waals surface area contributed by atoms with E-state index in [1.165, 1.54) is 0 Å². The summed E-state index contributed by atoms with van der Waals surface area (Å²) in [6, 6.07) is 1.82. The zero-order chi connectivity index (χ0) is 14.8. The summed E-state index contributed by atoms with van der Waals surface area (Å²) in [6.45, 7) is 3.05. The molecule has 7 nitrogen and oxygen atoms in total. The smallest absolute Gasteiger partial charge is 0.227 e. The summed E-state index contributed by atoms with van der Waals surface area (Å²) in [7, 11) is 0. The highest BCUT2D eigenvalue weighted by molar-refractivity contribution is 5.38. The molecular formula is C14H23N5O2. The summed E-state index contributed by atoms with van der Waals surface area (Å²) in [5.41, 5.74) is 5.68. The van der Waals surface area contributed by atoms with E-state index in [4.69, 9.17) is 5.73 Å². The van der Waals surface area contributed by atoms with Crippen molar-refractivity contribution in [3.8, 4) is 0 Å². The summed E-state index contributed by atoms with van der Waals surface area (Å²) < 4.78 is 0. The van der Waals surface area contributed by atoms with Gasteiger partial charge in [0, 0.05) is 38.4 Å². The highest BCUT2D eigenvalue weighted by Gasteiger charge is 2.34. The molecule has 2 saturated heterocycles. The maximum absolute atomic E-state index is 10.5. The number of β-amino-alcohol motifs (C(OH)–C–C–N with tert-alkyl or cyclic N) is 1. The minimum Gasteiger partial charge on any atom is -0.393 e. The van der Waals surface area contributed by atoms with Gasteiger partial charge in [0.1, 0.15) is 5.82 Å². The van der Waals surface area contributed by atoms with Crippen molar-refractivity contribution in [1.82, 2.24) is 14.9 Å². The number of aliphatic hydroxyl groups is 2. The monoisotopic (exact) mass is 293 g/mol. The van der Waals surface area contributed by atoms with Crippen molar-refractivity contribution in [1.29, 1.82) is 0 Å². The van der Waals surface area contributed by atoms with Gasteiger partial charge in [0.05, 0.1) is 12.2 Å². The van der Waals surface area contributed by atoms with E-state index in [1.54, 1.807) is 12.3 Å². The average Bonchev–Trinajstić information content (AvgIpc) is 2.48. The Morgan fingerprint density at radius 3 is 2.57 bits per heavy atom. The molecular weight excluding hydrogens is 270 g/mol. The van der Waals surface area contributed by atoms with Gasteiger partial charge < -0.3 is 20.8 Å². The van der Waals surface area contributed by atoms with E-state index in [-0.39, 0.29) is 12.1 Å². The van der Waals surface area contributed by atoms with Gasteiger partial charge in [-0.15, -0.1) is 0 Å². The molecule has 0 unspecified atom stereocenters. The fourth-order valence-electron chi connectivity index (χ4n) is 3.26. The lowest BCUT2D eigenvalue weighted by Crippen LogP contribution is -2.56. The Morgan fingerprint density at radius 1 is 1.14 bits per heavy atom. The van der Waals surface area contributed by atoms with Gasteiger partial charge in [-0.05, 0) is 25.3 Å². The Kier molecular flexibility index (Phi) is 4.23.